The van der Waals surface area contributed by atoms with Crippen LogP contribution in [0.5, 0.6) is 0 Å². The van der Waals surface area contributed by atoms with E-state index in [0.29, 0.717) is 16.8 Å². The van der Waals surface area contributed by atoms with Crippen LogP contribution in [-0.4, -0.2) is 31.7 Å². The Kier molecular flexibility index (Phi) is 4.56. The number of aliphatic hydroxyl groups excluding tert-OH is 1. The number of aromatic nitrogens is 2. The molecule has 1 amide bonds. The van der Waals surface area contributed by atoms with Gasteiger partial charge >= 0.3 is 0 Å². The van der Waals surface area contributed by atoms with Crippen molar-refractivity contribution in [3.05, 3.63) is 99.2 Å². The molecular formula is C23H16N4O6. The molecule has 1 aliphatic heterocycles. The number of aliphatic hydroxyl groups is 1. The quantitative estimate of drug-likeness (QED) is 0.267. The first-order valence-electron chi connectivity index (χ1n) is 9.92. The molecule has 1 unspecified atom stereocenters. The second kappa shape index (κ2) is 7.45. The zero-order chi connectivity index (χ0) is 23.3. The molecule has 0 radical (unpaired) electrons. The van der Waals surface area contributed by atoms with Crippen molar-refractivity contribution in [3.8, 4) is 0 Å². The molecule has 33 heavy (non-hydrogen) atoms. The van der Waals surface area contributed by atoms with E-state index in [-0.39, 0.29) is 28.5 Å². The van der Waals surface area contributed by atoms with Crippen molar-refractivity contribution < 1.29 is 24.0 Å². The molecule has 0 saturated heterocycles. The largest absolute Gasteiger partial charge is 0.503 e. The Bertz CT molecular complexity index is 1450. The predicted octanol–water partition coefficient (Wildman–Crippen LogP) is 4.16. The number of anilines is 1. The second-order valence-electron chi connectivity index (χ2n) is 7.47. The van der Waals surface area contributed by atoms with Gasteiger partial charge in [0.2, 0.25) is 11.7 Å². The van der Waals surface area contributed by atoms with E-state index in [4.69, 9.17) is 4.42 Å². The topological polar surface area (TPSA) is 143 Å². The fraction of sp³-hybridized carbons (Fsp3) is 0.0870. The predicted molar refractivity (Wildman–Crippen MR) is 117 cm³/mol. The molecule has 0 saturated carbocycles. The first-order valence-corrected chi connectivity index (χ1v) is 9.92. The lowest BCUT2D eigenvalue weighted by Gasteiger charge is -2.24. The minimum Gasteiger partial charge on any atom is -0.503 e. The molecule has 10 nitrogen and oxygen atoms in total. The van der Waals surface area contributed by atoms with Gasteiger partial charge in [0.25, 0.3) is 11.6 Å². The maximum atomic E-state index is 13.3. The molecule has 2 aromatic heterocycles. The first-order chi connectivity index (χ1) is 15.9. The van der Waals surface area contributed by atoms with Crippen LogP contribution in [0.3, 0.4) is 0 Å². The highest BCUT2D eigenvalue weighted by molar-refractivity contribution is 6.20. The van der Waals surface area contributed by atoms with Crippen LogP contribution >= 0.6 is 0 Å². The number of ketones is 1. The van der Waals surface area contributed by atoms with E-state index in [9.17, 15) is 24.8 Å². The fourth-order valence-electron chi connectivity index (χ4n) is 3.98. The van der Waals surface area contributed by atoms with E-state index < -0.39 is 28.4 Å². The molecule has 1 aliphatic rings. The summed E-state index contributed by atoms with van der Waals surface area (Å²) < 4.78 is 5.41. The van der Waals surface area contributed by atoms with Gasteiger partial charge in [-0.05, 0) is 37.3 Å². The SMILES string of the molecule is Cc1ccc(C(=O)C2=C(O)C(=O)N(c3nc4ccccc4[nH]3)C2c2ccccc2[N+](=O)[O-])o1. The van der Waals surface area contributed by atoms with Crippen LogP contribution in [-0.2, 0) is 4.79 Å². The Hall–Kier alpha value is -4.73. The van der Waals surface area contributed by atoms with Gasteiger partial charge in [-0.2, -0.15) is 0 Å². The lowest BCUT2D eigenvalue weighted by molar-refractivity contribution is -0.385. The van der Waals surface area contributed by atoms with E-state index in [2.05, 4.69) is 9.97 Å². The number of furan rings is 1. The number of nitrogens with zero attached hydrogens (tertiary/aromatic N) is 3. The number of carbonyl (C=O) groups excluding carboxylic acids is 2. The van der Waals surface area contributed by atoms with Gasteiger partial charge in [0.05, 0.1) is 27.1 Å². The number of hydrogen-bond acceptors (Lipinski definition) is 7. The minimum atomic E-state index is -1.31. The summed E-state index contributed by atoms with van der Waals surface area (Å²) in [7, 11) is 0. The third kappa shape index (κ3) is 3.16. The number of fused-ring (bicyclic) bond motifs is 1. The van der Waals surface area contributed by atoms with Crippen molar-refractivity contribution >= 4 is 34.4 Å². The van der Waals surface area contributed by atoms with Crippen LogP contribution in [0.15, 0.2) is 76.4 Å². The van der Waals surface area contributed by atoms with Gasteiger partial charge in [0.1, 0.15) is 11.8 Å². The van der Waals surface area contributed by atoms with Crippen LogP contribution in [0.4, 0.5) is 11.6 Å². The highest BCUT2D eigenvalue weighted by Gasteiger charge is 2.48. The van der Waals surface area contributed by atoms with Crippen LogP contribution in [0.2, 0.25) is 0 Å². The summed E-state index contributed by atoms with van der Waals surface area (Å²) in [6.45, 7) is 1.64. The Morgan fingerprint density at radius 1 is 1.15 bits per heavy atom. The van der Waals surface area contributed by atoms with Crippen LogP contribution in [0, 0.1) is 17.0 Å². The molecular weight excluding hydrogens is 428 g/mol. The Morgan fingerprint density at radius 2 is 1.88 bits per heavy atom. The molecule has 0 spiro atoms. The van der Waals surface area contributed by atoms with E-state index in [1.54, 1.807) is 43.3 Å². The monoisotopic (exact) mass is 444 g/mol. The number of nitrogens with one attached hydrogen (secondary N) is 1. The summed E-state index contributed by atoms with van der Waals surface area (Å²) in [5, 5.41) is 22.6. The van der Waals surface area contributed by atoms with Crippen molar-refractivity contribution in [3.63, 3.8) is 0 Å². The summed E-state index contributed by atoms with van der Waals surface area (Å²) >= 11 is 0. The van der Waals surface area contributed by atoms with Gasteiger partial charge in [-0.3, -0.25) is 24.6 Å². The number of aryl methyl sites for hydroxylation is 1. The van der Waals surface area contributed by atoms with Crippen molar-refractivity contribution in [2.45, 2.75) is 13.0 Å². The summed E-state index contributed by atoms with van der Waals surface area (Å²) in [6, 6.07) is 14.4. The maximum Gasteiger partial charge on any atom is 0.296 e. The number of amides is 1. The van der Waals surface area contributed by atoms with Crippen LogP contribution in [0.1, 0.15) is 27.9 Å². The summed E-state index contributed by atoms with van der Waals surface area (Å²) in [5.74, 6) is -2.09. The normalized spacial score (nSPS) is 16.1. The summed E-state index contributed by atoms with van der Waals surface area (Å²) in [6.07, 6.45) is 0. The molecule has 4 aromatic rings. The van der Waals surface area contributed by atoms with Crippen LogP contribution < -0.4 is 4.90 Å². The van der Waals surface area contributed by atoms with Gasteiger partial charge < -0.3 is 14.5 Å². The third-order valence-corrected chi connectivity index (χ3v) is 5.45. The van der Waals surface area contributed by atoms with Gasteiger partial charge in [-0.15, -0.1) is 0 Å². The Balaban J connectivity index is 1.74. The zero-order valence-electron chi connectivity index (χ0n) is 17.2. The van der Waals surface area contributed by atoms with Gasteiger partial charge in [-0.25, -0.2) is 4.98 Å². The molecule has 3 heterocycles. The number of benzene rings is 2. The van der Waals surface area contributed by atoms with E-state index >= 15 is 0 Å². The number of hydrogen-bond donors (Lipinski definition) is 2. The van der Waals surface area contributed by atoms with E-state index in [1.807, 2.05) is 0 Å². The number of para-hydroxylation sites is 3. The molecule has 10 heteroatoms. The maximum absolute atomic E-state index is 13.3. The lowest BCUT2D eigenvalue weighted by Crippen LogP contribution is -2.32. The molecule has 0 bridgehead atoms. The minimum absolute atomic E-state index is 0.0364. The number of carbonyl (C=O) groups is 2. The average Bonchev–Trinajstić information content (AvgIpc) is 3.49. The van der Waals surface area contributed by atoms with E-state index in [0.717, 1.165) is 4.90 Å². The Labute approximate surface area is 185 Å². The number of rotatable bonds is 5. The average molecular weight is 444 g/mol. The number of nitro groups is 1. The molecule has 1 atom stereocenters. The zero-order valence-corrected chi connectivity index (χ0v) is 17.2. The smallest absolute Gasteiger partial charge is 0.296 e. The van der Waals surface area contributed by atoms with Crippen molar-refractivity contribution in [2.75, 3.05) is 4.90 Å². The molecule has 164 valence electrons. The lowest BCUT2D eigenvalue weighted by atomic mass is 9.94. The van der Waals surface area contributed by atoms with Crippen molar-refractivity contribution in [1.82, 2.24) is 9.97 Å². The standard InChI is InChI=1S/C23H16N4O6/c1-12-10-11-17(33-12)20(28)18-19(13-6-2-5-9-16(13)27(31)32)26(22(30)21(18)29)23-24-14-7-3-4-8-15(14)25-23/h2-11,19,29H,1H3,(H,24,25). The number of imidazole rings is 1. The number of aromatic amines is 1. The second-order valence-corrected chi connectivity index (χ2v) is 7.47. The van der Waals surface area contributed by atoms with Gasteiger partial charge in [0.15, 0.2) is 11.5 Å². The van der Waals surface area contributed by atoms with Crippen molar-refractivity contribution in [2.24, 2.45) is 0 Å². The molecule has 5 rings (SSSR count). The number of nitro benzene ring substituents is 1. The number of Topliss-reactive ketones (excluding diaryl/α,β-unsaturated/α-hetero) is 1. The molecule has 0 fully saturated rings. The molecule has 2 N–H and O–H groups in total. The van der Waals surface area contributed by atoms with E-state index in [1.165, 1.54) is 24.3 Å². The molecule has 2 aromatic carbocycles. The van der Waals surface area contributed by atoms with Gasteiger partial charge in [-0.1, -0.05) is 24.3 Å². The molecule has 0 aliphatic carbocycles. The highest BCUT2D eigenvalue weighted by atomic mass is 16.6. The highest BCUT2D eigenvalue weighted by Crippen LogP contribution is 2.44. The summed E-state index contributed by atoms with van der Waals surface area (Å²) in [4.78, 5) is 46.2. The van der Waals surface area contributed by atoms with Gasteiger partial charge in [0, 0.05) is 6.07 Å². The Morgan fingerprint density at radius 3 is 2.58 bits per heavy atom. The fourth-order valence-corrected chi connectivity index (χ4v) is 3.98. The third-order valence-electron chi connectivity index (χ3n) is 5.45. The van der Waals surface area contributed by atoms with Crippen LogP contribution in [0.25, 0.3) is 11.0 Å². The number of H-pyrrole nitrogens is 1. The first kappa shape index (κ1) is 20.2. The summed E-state index contributed by atoms with van der Waals surface area (Å²) in [5.41, 5.74) is 0.563. The van der Waals surface area contributed by atoms with Crippen molar-refractivity contribution in [1.29, 1.82) is 0 Å².